The van der Waals surface area contributed by atoms with Crippen LogP contribution in [-0.4, -0.2) is 13.2 Å². The molecule has 0 atom stereocenters. The molecule has 0 nitrogen and oxygen atoms in total. The Morgan fingerprint density at radius 1 is 1.00 bits per heavy atom. The summed E-state index contributed by atoms with van der Waals surface area (Å²) in [4.78, 5) is 0. The maximum atomic E-state index is 4.87. The summed E-state index contributed by atoms with van der Waals surface area (Å²) >= 11 is 9.75. The maximum Gasteiger partial charge on any atom is 0.214 e. The van der Waals surface area contributed by atoms with Gasteiger partial charge < -0.3 is 0 Å². The van der Waals surface area contributed by atoms with Gasteiger partial charge in [-0.2, -0.15) is 0 Å². The molecule has 4 heteroatoms. The van der Waals surface area contributed by atoms with Crippen LogP contribution in [-0.2, 0) is 0 Å². The van der Waals surface area contributed by atoms with Crippen molar-refractivity contribution in [3.05, 3.63) is 0 Å². The van der Waals surface area contributed by atoms with Crippen molar-refractivity contribution >= 4 is 36.1 Å². The van der Waals surface area contributed by atoms with E-state index in [4.69, 9.17) is 22.9 Å². The molecule has 0 fully saturated rings. The predicted octanol–water partition coefficient (Wildman–Crippen LogP) is 0.617. The zero-order chi connectivity index (χ0) is 3.41. The van der Waals surface area contributed by atoms with Crippen LogP contribution < -0.4 is 0 Å². The number of hydrogen-bond donors (Lipinski definition) is 0. The predicted molar refractivity (Wildman–Crippen MR) is 23.2 cm³/mol. The lowest BCUT2D eigenvalue weighted by atomic mass is 9.77. The summed E-state index contributed by atoms with van der Waals surface area (Å²) in [6.07, 6.45) is 0. The molecule has 0 aliphatic rings. The molecule has 0 rings (SSSR count). The van der Waals surface area contributed by atoms with Crippen molar-refractivity contribution in [1.82, 2.24) is 0 Å². The Kier molecular flexibility index (Phi) is 4.37. The van der Waals surface area contributed by atoms with Gasteiger partial charge in [0, 0.05) is 0 Å². The van der Waals surface area contributed by atoms with E-state index in [2.05, 4.69) is 0 Å². The first-order valence-electron chi connectivity index (χ1n) is 0.770. The lowest BCUT2D eigenvalue weighted by Gasteiger charge is -1.54. The number of hydrogen-bond acceptors (Lipinski definition) is 0. The Hall–Kier alpha value is 0.710. The standard InChI is InChI=1S/B2Cl2/c3-1-2-4. The SMILES string of the molecule is Cl[B][B]Cl. The van der Waals surface area contributed by atoms with Crippen LogP contribution >= 0.6 is 22.9 Å². The highest BCUT2D eigenvalue weighted by molar-refractivity contribution is 7.40. The van der Waals surface area contributed by atoms with Gasteiger partial charge in [0.2, 0.25) is 13.2 Å². The number of rotatable bonds is 1. The van der Waals surface area contributed by atoms with Crippen LogP contribution in [0.2, 0.25) is 0 Å². The molecule has 0 saturated heterocycles. The van der Waals surface area contributed by atoms with E-state index in [9.17, 15) is 0 Å². The zero-order valence-corrected chi connectivity index (χ0v) is 3.42. The Morgan fingerprint density at radius 2 is 1.25 bits per heavy atom. The molecule has 0 aromatic heterocycles. The van der Waals surface area contributed by atoms with Gasteiger partial charge in [-0.3, -0.25) is 0 Å². The molecule has 0 heterocycles. The lowest BCUT2D eigenvalue weighted by Crippen LogP contribution is -1.78. The first-order valence-corrected chi connectivity index (χ1v) is 1.64. The Bertz CT molecular complexity index is 6.00. The summed E-state index contributed by atoms with van der Waals surface area (Å²) in [6.45, 7) is 2.48. The third-order valence-electron chi connectivity index (χ3n) is 0.0476. The van der Waals surface area contributed by atoms with Crippen molar-refractivity contribution in [2.24, 2.45) is 0 Å². The van der Waals surface area contributed by atoms with E-state index in [1.54, 1.807) is 0 Å². The summed E-state index contributed by atoms with van der Waals surface area (Å²) in [5.74, 6) is 0. The third kappa shape index (κ3) is 2.71. The normalized spacial score (nSPS) is 5.50. The van der Waals surface area contributed by atoms with Crippen LogP contribution in [0.25, 0.3) is 0 Å². The lowest BCUT2D eigenvalue weighted by molar-refractivity contribution is 4.16. The van der Waals surface area contributed by atoms with Gasteiger partial charge in [0.15, 0.2) is 0 Å². The minimum atomic E-state index is 1.24. The molecule has 0 aliphatic carbocycles. The Balaban J connectivity index is 1.97. The first-order chi connectivity index (χ1) is 1.91. The molecule has 0 spiro atoms. The van der Waals surface area contributed by atoms with E-state index >= 15 is 0 Å². The van der Waals surface area contributed by atoms with Crippen molar-refractivity contribution < 1.29 is 0 Å². The quantitative estimate of drug-likeness (QED) is 0.416. The molecule has 0 aromatic carbocycles. The van der Waals surface area contributed by atoms with Gasteiger partial charge in [-0.05, 0) is 0 Å². The minimum Gasteiger partial charge on any atom is -0.214 e. The maximum absolute atomic E-state index is 4.87. The summed E-state index contributed by atoms with van der Waals surface area (Å²) in [5.41, 5.74) is 0. The van der Waals surface area contributed by atoms with Crippen LogP contribution in [0.1, 0.15) is 0 Å². The van der Waals surface area contributed by atoms with Crippen molar-refractivity contribution in [3.63, 3.8) is 0 Å². The van der Waals surface area contributed by atoms with E-state index in [1.165, 1.54) is 13.2 Å². The monoisotopic (exact) mass is 92.0 g/mol. The fourth-order valence-corrected chi connectivity index (χ4v) is 0. The average Bonchev–Trinajstić information content (AvgIpc) is 1.37. The van der Waals surface area contributed by atoms with Crippen molar-refractivity contribution in [2.75, 3.05) is 0 Å². The van der Waals surface area contributed by atoms with Gasteiger partial charge >= 0.3 is 0 Å². The van der Waals surface area contributed by atoms with Crippen LogP contribution in [0.5, 0.6) is 0 Å². The molecule has 0 aliphatic heterocycles. The van der Waals surface area contributed by atoms with Gasteiger partial charge in [0.05, 0.1) is 0 Å². The fourth-order valence-electron chi connectivity index (χ4n) is 0. The van der Waals surface area contributed by atoms with Gasteiger partial charge in [-0.15, -0.1) is 0 Å². The second kappa shape index (κ2) is 3.71. The van der Waals surface area contributed by atoms with E-state index in [0.29, 0.717) is 0 Å². The van der Waals surface area contributed by atoms with Crippen LogP contribution in [0.3, 0.4) is 0 Å². The number of halogens is 2. The van der Waals surface area contributed by atoms with Crippen molar-refractivity contribution in [2.45, 2.75) is 0 Å². The molecule has 0 saturated carbocycles. The minimum absolute atomic E-state index is 1.24. The molecule has 0 amide bonds. The van der Waals surface area contributed by atoms with Gasteiger partial charge in [0.25, 0.3) is 0 Å². The highest BCUT2D eigenvalue weighted by atomic mass is 35.5. The molecule has 4 heavy (non-hydrogen) atoms. The highest BCUT2D eigenvalue weighted by Crippen LogP contribution is 1.66. The first kappa shape index (κ1) is 4.71. The van der Waals surface area contributed by atoms with Crippen molar-refractivity contribution in [3.8, 4) is 0 Å². The summed E-state index contributed by atoms with van der Waals surface area (Å²) < 4.78 is 0. The zero-order valence-electron chi connectivity index (χ0n) is 1.91. The summed E-state index contributed by atoms with van der Waals surface area (Å²) in [6, 6.07) is 0. The molecule has 0 bridgehead atoms. The second-order valence-electron chi connectivity index (χ2n) is 0.252. The van der Waals surface area contributed by atoms with Gasteiger partial charge in [0.1, 0.15) is 0 Å². The van der Waals surface area contributed by atoms with Crippen LogP contribution in [0, 0.1) is 0 Å². The van der Waals surface area contributed by atoms with E-state index in [1.807, 2.05) is 0 Å². The smallest absolute Gasteiger partial charge is 0.214 e. The molecular formula is B2Cl2. The molecule has 0 N–H and O–H groups in total. The molecular weight excluding hydrogens is 92.5 g/mol. The Labute approximate surface area is 36.8 Å². The molecule has 2 radical (unpaired) electrons. The van der Waals surface area contributed by atoms with Gasteiger partial charge in [-0.25, -0.2) is 22.9 Å². The average molecular weight is 92.5 g/mol. The summed E-state index contributed by atoms with van der Waals surface area (Å²) in [7, 11) is 0. The van der Waals surface area contributed by atoms with Crippen LogP contribution in [0.4, 0.5) is 0 Å². The molecule has 0 unspecified atom stereocenters. The topological polar surface area (TPSA) is 0 Å². The molecule has 0 aromatic rings. The van der Waals surface area contributed by atoms with Crippen LogP contribution in [0.15, 0.2) is 0 Å². The van der Waals surface area contributed by atoms with E-state index < -0.39 is 0 Å². The largest absolute Gasteiger partial charge is 0.214 e. The van der Waals surface area contributed by atoms with Gasteiger partial charge in [-0.1, -0.05) is 0 Å². The van der Waals surface area contributed by atoms with Crippen molar-refractivity contribution in [1.29, 1.82) is 0 Å². The second-order valence-corrected chi connectivity index (χ2v) is 0.756. The fraction of sp³-hybridized carbons (Fsp3) is 0. The van der Waals surface area contributed by atoms with E-state index in [-0.39, 0.29) is 0 Å². The summed E-state index contributed by atoms with van der Waals surface area (Å²) in [5, 5.41) is 0. The third-order valence-corrected chi connectivity index (χ3v) is 0.429. The highest BCUT2D eigenvalue weighted by Gasteiger charge is 1.73. The Morgan fingerprint density at radius 3 is 1.25 bits per heavy atom. The van der Waals surface area contributed by atoms with E-state index in [0.717, 1.165) is 0 Å². The molecule has 20 valence electrons.